The van der Waals surface area contributed by atoms with E-state index in [4.69, 9.17) is 21.7 Å². The highest BCUT2D eigenvalue weighted by molar-refractivity contribution is 7.71. The normalized spacial score (nSPS) is 17.1. The molecule has 3 aromatic rings. The number of hydrogen-bond donors (Lipinski definition) is 1. The van der Waals surface area contributed by atoms with Crippen molar-refractivity contribution in [1.82, 2.24) is 14.0 Å². The Morgan fingerprint density at radius 3 is 2.44 bits per heavy atom. The molecule has 1 aliphatic rings. The van der Waals surface area contributed by atoms with E-state index in [0.29, 0.717) is 25.5 Å². The molecule has 2 aromatic carbocycles. The summed E-state index contributed by atoms with van der Waals surface area (Å²) in [6.07, 6.45) is -0.650. The number of aliphatic hydroxyl groups is 1. The van der Waals surface area contributed by atoms with Gasteiger partial charge >= 0.3 is 0 Å². The first-order valence-corrected chi connectivity index (χ1v) is 9.24. The molecule has 0 aliphatic carbocycles. The van der Waals surface area contributed by atoms with E-state index in [2.05, 4.69) is 21.6 Å². The van der Waals surface area contributed by atoms with Crippen molar-refractivity contribution in [2.75, 3.05) is 20.8 Å². The number of hydrogen-bond acceptors (Lipinski definition) is 5. The summed E-state index contributed by atoms with van der Waals surface area (Å²) in [4.78, 5) is 2.18. The molecule has 0 radical (unpaired) electrons. The maximum atomic E-state index is 10.8. The zero-order valence-corrected chi connectivity index (χ0v) is 16.5. The van der Waals surface area contributed by atoms with Crippen molar-refractivity contribution in [2.24, 2.45) is 7.05 Å². The fourth-order valence-electron chi connectivity index (χ4n) is 3.95. The molecule has 27 heavy (non-hydrogen) atoms. The summed E-state index contributed by atoms with van der Waals surface area (Å²) in [5.41, 5.74) is 3.96. The van der Waals surface area contributed by atoms with Crippen LogP contribution in [0.15, 0.2) is 36.4 Å². The molecule has 0 bridgehead atoms. The van der Waals surface area contributed by atoms with Gasteiger partial charge in [-0.2, -0.15) is 0 Å². The van der Waals surface area contributed by atoms with Crippen LogP contribution in [0, 0.1) is 4.77 Å². The molecule has 4 rings (SSSR count). The van der Waals surface area contributed by atoms with Crippen LogP contribution in [0.25, 0.3) is 11.0 Å². The molecule has 1 N–H and O–H groups in total. The first kappa shape index (κ1) is 18.0. The van der Waals surface area contributed by atoms with Gasteiger partial charge in [0.1, 0.15) is 11.5 Å². The van der Waals surface area contributed by atoms with Gasteiger partial charge in [-0.1, -0.05) is 12.1 Å². The highest BCUT2D eigenvalue weighted by Crippen LogP contribution is 2.39. The fraction of sp³-hybridized carbons (Fsp3) is 0.350. The van der Waals surface area contributed by atoms with Crippen molar-refractivity contribution in [3.05, 3.63) is 52.3 Å². The van der Waals surface area contributed by atoms with Gasteiger partial charge in [-0.3, -0.25) is 4.90 Å². The van der Waals surface area contributed by atoms with Gasteiger partial charge < -0.3 is 23.7 Å². The molecule has 1 aliphatic heterocycles. The highest BCUT2D eigenvalue weighted by atomic mass is 32.1. The third-order valence-corrected chi connectivity index (χ3v) is 5.75. The smallest absolute Gasteiger partial charge is 0.181 e. The predicted molar refractivity (Wildman–Crippen MR) is 107 cm³/mol. The van der Waals surface area contributed by atoms with E-state index < -0.39 is 6.10 Å². The lowest BCUT2D eigenvalue weighted by Gasteiger charge is -2.34. The predicted octanol–water partition coefficient (Wildman–Crippen LogP) is 3.23. The van der Waals surface area contributed by atoms with Crippen molar-refractivity contribution >= 4 is 23.3 Å². The second-order valence-electron chi connectivity index (χ2n) is 6.79. The molecule has 142 valence electrons. The van der Waals surface area contributed by atoms with Gasteiger partial charge in [0, 0.05) is 31.3 Å². The van der Waals surface area contributed by atoms with E-state index in [0.717, 1.165) is 32.7 Å². The molecule has 0 spiro atoms. The van der Waals surface area contributed by atoms with Crippen LogP contribution in [0.5, 0.6) is 11.5 Å². The Kier molecular flexibility index (Phi) is 4.67. The molecule has 0 saturated heterocycles. The molecule has 7 heteroatoms. The number of rotatable bonds is 4. The Hall–Kier alpha value is -2.35. The Labute approximate surface area is 163 Å². The van der Waals surface area contributed by atoms with E-state index >= 15 is 0 Å². The minimum absolute atomic E-state index is 0.502. The molecule has 2 heterocycles. The first-order valence-electron chi connectivity index (χ1n) is 8.83. The number of imidazole rings is 1. The number of fused-ring (bicyclic) bond motifs is 2. The second-order valence-corrected chi connectivity index (χ2v) is 7.15. The van der Waals surface area contributed by atoms with Crippen LogP contribution in [-0.2, 0) is 20.3 Å². The molecule has 1 aromatic heterocycles. The topological polar surface area (TPSA) is 51.8 Å². The summed E-state index contributed by atoms with van der Waals surface area (Å²) in [5.74, 6) is 1.45. The van der Waals surface area contributed by atoms with Crippen molar-refractivity contribution in [3.8, 4) is 11.5 Å². The van der Waals surface area contributed by atoms with Gasteiger partial charge in [0.15, 0.2) is 4.77 Å². The highest BCUT2D eigenvalue weighted by Gasteiger charge is 2.30. The summed E-state index contributed by atoms with van der Waals surface area (Å²) < 4.78 is 15.9. The Bertz CT molecular complexity index is 1060. The third kappa shape index (κ3) is 2.92. The number of nitrogens with zero attached hydrogens (tertiary/aromatic N) is 3. The van der Waals surface area contributed by atoms with Gasteiger partial charge in [0.25, 0.3) is 0 Å². The lowest BCUT2D eigenvalue weighted by Crippen LogP contribution is -2.35. The SMILES string of the molecule is COc1ccc(OC)c2c1CN(Cn1c(=S)n(C)c3ccccc31)C[C@H]2O. The van der Waals surface area contributed by atoms with E-state index in [1.165, 1.54) is 0 Å². The average molecular weight is 385 g/mol. The first-order chi connectivity index (χ1) is 13.0. The largest absolute Gasteiger partial charge is 0.496 e. The van der Waals surface area contributed by atoms with Crippen LogP contribution in [0.4, 0.5) is 0 Å². The molecule has 0 unspecified atom stereocenters. The molecule has 1 atom stereocenters. The number of aromatic nitrogens is 2. The lowest BCUT2D eigenvalue weighted by atomic mass is 9.95. The number of aliphatic hydroxyl groups excluding tert-OH is 1. The second kappa shape index (κ2) is 6.99. The maximum Gasteiger partial charge on any atom is 0.181 e. The van der Waals surface area contributed by atoms with E-state index in [1.807, 2.05) is 35.9 Å². The van der Waals surface area contributed by atoms with Gasteiger partial charge in [0.2, 0.25) is 0 Å². The fourth-order valence-corrected chi connectivity index (χ4v) is 4.21. The lowest BCUT2D eigenvalue weighted by molar-refractivity contribution is 0.0709. The number of benzene rings is 2. The zero-order chi connectivity index (χ0) is 19.1. The Morgan fingerprint density at radius 1 is 1.07 bits per heavy atom. The van der Waals surface area contributed by atoms with Crippen LogP contribution in [0.2, 0.25) is 0 Å². The summed E-state index contributed by atoms with van der Waals surface area (Å²) in [6.45, 7) is 1.75. The van der Waals surface area contributed by atoms with Gasteiger partial charge in [-0.25, -0.2) is 0 Å². The quantitative estimate of drug-likeness (QED) is 0.699. The van der Waals surface area contributed by atoms with E-state index in [-0.39, 0.29) is 0 Å². The van der Waals surface area contributed by atoms with Crippen LogP contribution >= 0.6 is 12.2 Å². The monoisotopic (exact) mass is 385 g/mol. The van der Waals surface area contributed by atoms with Crippen LogP contribution in [0.1, 0.15) is 17.2 Å². The average Bonchev–Trinajstić information content (AvgIpc) is 2.92. The van der Waals surface area contributed by atoms with E-state index in [1.54, 1.807) is 14.2 Å². The van der Waals surface area contributed by atoms with Gasteiger partial charge in [-0.05, 0) is 36.5 Å². The summed E-state index contributed by atoms with van der Waals surface area (Å²) >= 11 is 5.65. The van der Waals surface area contributed by atoms with Crippen LogP contribution in [0.3, 0.4) is 0 Å². The molecular formula is C20H23N3O3S. The van der Waals surface area contributed by atoms with Crippen molar-refractivity contribution in [3.63, 3.8) is 0 Å². The maximum absolute atomic E-state index is 10.8. The van der Waals surface area contributed by atoms with Crippen LogP contribution < -0.4 is 9.47 Å². The van der Waals surface area contributed by atoms with Gasteiger partial charge in [-0.15, -0.1) is 0 Å². The van der Waals surface area contributed by atoms with Crippen molar-refractivity contribution in [2.45, 2.75) is 19.3 Å². The van der Waals surface area contributed by atoms with E-state index in [9.17, 15) is 5.11 Å². The minimum atomic E-state index is -0.650. The summed E-state index contributed by atoms with van der Waals surface area (Å²) in [7, 11) is 5.25. The molecule has 6 nitrogen and oxygen atoms in total. The number of ether oxygens (including phenoxy) is 2. The molecule has 0 amide bonds. The van der Waals surface area contributed by atoms with Crippen molar-refractivity contribution < 1.29 is 14.6 Å². The van der Waals surface area contributed by atoms with Crippen molar-refractivity contribution in [1.29, 1.82) is 0 Å². The third-order valence-electron chi connectivity index (χ3n) is 5.25. The number of β-amino-alcohol motifs (C(OH)–C–C–N with tert-alkyl or cyclic N) is 1. The Balaban J connectivity index is 1.73. The zero-order valence-electron chi connectivity index (χ0n) is 15.7. The summed E-state index contributed by atoms with van der Waals surface area (Å²) in [5, 5.41) is 10.8. The summed E-state index contributed by atoms with van der Waals surface area (Å²) in [6, 6.07) is 11.9. The molecule has 0 saturated carbocycles. The minimum Gasteiger partial charge on any atom is -0.496 e. The number of para-hydroxylation sites is 2. The molecule has 0 fully saturated rings. The number of methoxy groups -OCH3 is 2. The number of aryl methyl sites for hydroxylation is 1. The van der Waals surface area contributed by atoms with Gasteiger partial charge in [0.05, 0.1) is 38.0 Å². The van der Waals surface area contributed by atoms with Crippen LogP contribution in [-0.4, -0.2) is 39.9 Å². The Morgan fingerprint density at radius 2 is 1.74 bits per heavy atom. The standard InChI is InChI=1S/C20H23N3O3S/c1-21-14-6-4-5-7-15(14)23(20(21)27)12-22-10-13-17(25-2)8-9-18(26-3)19(13)16(24)11-22/h4-9,16,24H,10-12H2,1-3H3/t16-/m1/s1. The molecular weight excluding hydrogens is 362 g/mol.